The fourth-order valence-electron chi connectivity index (χ4n) is 4.96. The van der Waals surface area contributed by atoms with Gasteiger partial charge in [-0.3, -0.25) is 14.4 Å². The number of likely N-dealkylation sites (tertiary alicyclic amines) is 1. The molecule has 2 heterocycles. The molecule has 0 spiro atoms. The van der Waals surface area contributed by atoms with Gasteiger partial charge in [-0.1, -0.05) is 60.7 Å². The van der Waals surface area contributed by atoms with Crippen LogP contribution in [0.25, 0.3) is 0 Å². The molecular formula is C28H35N3O5. The molecule has 3 atom stereocenters. The van der Waals surface area contributed by atoms with Crippen molar-refractivity contribution < 1.29 is 23.9 Å². The summed E-state index contributed by atoms with van der Waals surface area (Å²) >= 11 is 0. The molecule has 0 bridgehead atoms. The van der Waals surface area contributed by atoms with Gasteiger partial charge in [0.05, 0.1) is 30.8 Å². The number of carbonyl (C=O) groups excluding carboxylic acids is 3. The third kappa shape index (κ3) is 5.77. The number of rotatable bonds is 9. The molecule has 0 aliphatic carbocycles. The van der Waals surface area contributed by atoms with E-state index in [4.69, 9.17) is 15.2 Å². The number of esters is 1. The Morgan fingerprint density at radius 2 is 1.78 bits per heavy atom. The van der Waals surface area contributed by atoms with E-state index in [2.05, 4.69) is 5.32 Å². The van der Waals surface area contributed by atoms with Crippen LogP contribution in [0.15, 0.2) is 60.7 Å². The molecule has 8 heteroatoms. The molecule has 0 radical (unpaired) electrons. The molecule has 3 N–H and O–H groups in total. The van der Waals surface area contributed by atoms with E-state index in [9.17, 15) is 14.4 Å². The highest BCUT2D eigenvalue weighted by Crippen LogP contribution is 2.44. The van der Waals surface area contributed by atoms with Gasteiger partial charge in [0.25, 0.3) is 0 Å². The minimum atomic E-state index is -1.16. The van der Waals surface area contributed by atoms with E-state index in [0.717, 1.165) is 11.1 Å². The van der Waals surface area contributed by atoms with E-state index in [-0.39, 0.29) is 30.9 Å². The average Bonchev–Trinajstić information content (AvgIpc) is 3.18. The van der Waals surface area contributed by atoms with Gasteiger partial charge < -0.3 is 25.4 Å². The standard InChI is InChI=1S/C28H35N3O5/c1-27(2,29)25(33)30-23(18-35-16-21-11-7-4-8-12-21)24(32)31-14-13-22-17-36-26(34)28(22,19-31)15-20-9-5-3-6-10-20/h3-12,22-23H,13-19,29H2,1-2H3,(H,30,33). The zero-order valence-electron chi connectivity index (χ0n) is 20.9. The molecule has 8 nitrogen and oxygen atoms in total. The van der Waals surface area contributed by atoms with Crippen molar-refractivity contribution >= 4 is 17.8 Å². The molecule has 2 amide bonds. The predicted molar refractivity (Wildman–Crippen MR) is 135 cm³/mol. The predicted octanol–water partition coefficient (Wildman–Crippen LogP) is 2.06. The summed E-state index contributed by atoms with van der Waals surface area (Å²) in [4.78, 5) is 41.1. The fraction of sp³-hybridized carbons (Fsp3) is 0.464. The summed E-state index contributed by atoms with van der Waals surface area (Å²) in [7, 11) is 0. The SMILES string of the molecule is CC(C)(N)C(=O)NC(COCc1ccccc1)C(=O)N1CCC2COC(=O)C2(Cc2ccccc2)C1. The minimum Gasteiger partial charge on any atom is -0.465 e. The summed E-state index contributed by atoms with van der Waals surface area (Å²) < 4.78 is 11.3. The van der Waals surface area contributed by atoms with Crippen LogP contribution in [0.5, 0.6) is 0 Å². The van der Waals surface area contributed by atoms with Crippen molar-refractivity contribution in [2.45, 2.75) is 44.9 Å². The number of ether oxygens (including phenoxy) is 2. The normalized spacial score (nSPS) is 22.5. The monoisotopic (exact) mass is 493 g/mol. The molecule has 2 aliphatic rings. The second-order valence-electron chi connectivity index (χ2n) is 10.4. The Balaban J connectivity index is 1.51. The van der Waals surface area contributed by atoms with Crippen molar-refractivity contribution in [2.24, 2.45) is 17.1 Å². The molecule has 0 saturated carbocycles. The smallest absolute Gasteiger partial charge is 0.314 e. The maximum absolute atomic E-state index is 13.7. The van der Waals surface area contributed by atoms with Gasteiger partial charge >= 0.3 is 5.97 Å². The van der Waals surface area contributed by atoms with Crippen molar-refractivity contribution in [2.75, 3.05) is 26.3 Å². The molecule has 36 heavy (non-hydrogen) atoms. The zero-order valence-corrected chi connectivity index (χ0v) is 20.9. The first-order chi connectivity index (χ1) is 17.2. The Labute approximate surface area is 212 Å². The van der Waals surface area contributed by atoms with Crippen LogP contribution in [0.1, 0.15) is 31.4 Å². The van der Waals surface area contributed by atoms with Crippen LogP contribution in [-0.2, 0) is 36.9 Å². The van der Waals surface area contributed by atoms with Gasteiger partial charge in [0, 0.05) is 19.0 Å². The third-order valence-corrected chi connectivity index (χ3v) is 7.08. The topological polar surface area (TPSA) is 111 Å². The number of benzene rings is 2. The minimum absolute atomic E-state index is 0.00833. The van der Waals surface area contributed by atoms with Gasteiger partial charge in [0.2, 0.25) is 11.8 Å². The lowest BCUT2D eigenvalue weighted by Gasteiger charge is -2.42. The van der Waals surface area contributed by atoms with E-state index in [1.807, 2.05) is 60.7 Å². The zero-order chi connectivity index (χ0) is 25.8. The molecule has 2 aliphatic heterocycles. The quantitative estimate of drug-likeness (QED) is 0.518. The van der Waals surface area contributed by atoms with Gasteiger partial charge in [-0.05, 0) is 37.8 Å². The Bertz CT molecular complexity index is 1070. The third-order valence-electron chi connectivity index (χ3n) is 7.08. The lowest BCUT2D eigenvalue weighted by molar-refractivity contribution is -0.152. The van der Waals surface area contributed by atoms with Crippen LogP contribution in [0.3, 0.4) is 0 Å². The summed E-state index contributed by atoms with van der Waals surface area (Å²) in [6, 6.07) is 18.5. The number of nitrogens with two attached hydrogens (primary N) is 1. The van der Waals surface area contributed by atoms with Crippen LogP contribution in [-0.4, -0.2) is 60.6 Å². The Kier molecular flexibility index (Phi) is 7.76. The maximum Gasteiger partial charge on any atom is 0.314 e. The first-order valence-corrected chi connectivity index (χ1v) is 12.4. The van der Waals surface area contributed by atoms with E-state index in [1.54, 1.807) is 18.7 Å². The largest absolute Gasteiger partial charge is 0.465 e. The number of nitrogens with zero attached hydrogens (tertiary/aromatic N) is 1. The van der Waals surface area contributed by atoms with Gasteiger partial charge in [-0.2, -0.15) is 0 Å². The van der Waals surface area contributed by atoms with Gasteiger partial charge in [-0.25, -0.2) is 0 Å². The number of hydrogen-bond acceptors (Lipinski definition) is 6. The molecule has 2 aromatic rings. The Morgan fingerprint density at radius 1 is 1.14 bits per heavy atom. The Hall–Kier alpha value is -3.23. The summed E-state index contributed by atoms with van der Waals surface area (Å²) in [6.07, 6.45) is 1.15. The van der Waals surface area contributed by atoms with Crippen molar-refractivity contribution in [3.8, 4) is 0 Å². The number of cyclic esters (lactones) is 1. The summed E-state index contributed by atoms with van der Waals surface area (Å²) in [5.74, 6) is -0.956. The van der Waals surface area contributed by atoms with Crippen LogP contribution in [0.2, 0.25) is 0 Å². The van der Waals surface area contributed by atoms with E-state index >= 15 is 0 Å². The number of piperidine rings is 1. The van der Waals surface area contributed by atoms with Gasteiger partial charge in [0.1, 0.15) is 6.04 Å². The summed E-state index contributed by atoms with van der Waals surface area (Å²) in [6.45, 7) is 4.56. The highest BCUT2D eigenvalue weighted by molar-refractivity contribution is 5.92. The van der Waals surface area contributed by atoms with Crippen molar-refractivity contribution in [3.05, 3.63) is 71.8 Å². The second-order valence-corrected chi connectivity index (χ2v) is 10.4. The van der Waals surface area contributed by atoms with Crippen LogP contribution < -0.4 is 11.1 Å². The number of amides is 2. The summed E-state index contributed by atoms with van der Waals surface area (Å²) in [5, 5.41) is 2.78. The van der Waals surface area contributed by atoms with Gasteiger partial charge in [-0.15, -0.1) is 0 Å². The number of nitrogens with one attached hydrogen (secondary N) is 1. The number of carbonyl (C=O) groups is 3. The number of hydrogen-bond donors (Lipinski definition) is 2. The average molecular weight is 494 g/mol. The molecule has 2 aromatic carbocycles. The van der Waals surface area contributed by atoms with E-state index < -0.39 is 22.9 Å². The molecule has 0 aromatic heterocycles. The van der Waals surface area contributed by atoms with Crippen LogP contribution in [0, 0.1) is 11.3 Å². The Morgan fingerprint density at radius 3 is 2.42 bits per heavy atom. The first-order valence-electron chi connectivity index (χ1n) is 12.4. The van der Waals surface area contributed by atoms with E-state index in [0.29, 0.717) is 32.6 Å². The maximum atomic E-state index is 13.7. The van der Waals surface area contributed by atoms with Crippen molar-refractivity contribution in [1.82, 2.24) is 10.2 Å². The molecule has 2 fully saturated rings. The highest BCUT2D eigenvalue weighted by Gasteiger charge is 2.56. The summed E-state index contributed by atoms with van der Waals surface area (Å²) in [5.41, 5.74) is 6.01. The fourth-order valence-corrected chi connectivity index (χ4v) is 4.96. The molecule has 3 unspecified atom stereocenters. The molecule has 4 rings (SSSR count). The van der Waals surface area contributed by atoms with E-state index in [1.165, 1.54) is 0 Å². The van der Waals surface area contributed by atoms with Crippen molar-refractivity contribution in [3.63, 3.8) is 0 Å². The second kappa shape index (κ2) is 10.8. The molecular weight excluding hydrogens is 458 g/mol. The van der Waals surface area contributed by atoms with Crippen molar-refractivity contribution in [1.29, 1.82) is 0 Å². The molecule has 192 valence electrons. The lowest BCUT2D eigenvalue weighted by Crippen LogP contribution is -2.61. The first kappa shape index (κ1) is 25.9. The number of fused-ring (bicyclic) bond motifs is 1. The van der Waals surface area contributed by atoms with Crippen LogP contribution >= 0.6 is 0 Å². The van der Waals surface area contributed by atoms with Crippen LogP contribution in [0.4, 0.5) is 0 Å². The van der Waals surface area contributed by atoms with Gasteiger partial charge in [0.15, 0.2) is 0 Å². The lowest BCUT2D eigenvalue weighted by atomic mass is 9.69. The highest BCUT2D eigenvalue weighted by atomic mass is 16.5. The molecule has 2 saturated heterocycles.